The highest BCUT2D eigenvalue weighted by atomic mass is 79.9. The molecule has 0 bridgehead atoms. The monoisotopic (exact) mass is 320 g/mol. The Morgan fingerprint density at radius 1 is 1.42 bits per heavy atom. The minimum absolute atomic E-state index is 0.384. The Bertz CT molecular complexity index is 602. The van der Waals surface area contributed by atoms with Gasteiger partial charge in [0.2, 0.25) is 0 Å². The first kappa shape index (κ1) is 13.7. The maximum atomic E-state index is 11.4. The number of carbonyl (C=O) groups is 1. The fourth-order valence-corrected chi connectivity index (χ4v) is 2.31. The van der Waals surface area contributed by atoms with Crippen molar-refractivity contribution in [1.82, 2.24) is 10.2 Å². The zero-order valence-electron chi connectivity index (χ0n) is 10.4. The van der Waals surface area contributed by atoms with Crippen molar-refractivity contribution in [3.05, 3.63) is 57.8 Å². The molecule has 0 aliphatic heterocycles. The van der Waals surface area contributed by atoms with Gasteiger partial charge in [-0.15, -0.1) is 0 Å². The quantitative estimate of drug-likeness (QED) is 0.940. The summed E-state index contributed by atoms with van der Waals surface area (Å²) in [7, 11) is 0. The van der Waals surface area contributed by atoms with E-state index in [1.54, 1.807) is 12.3 Å². The van der Waals surface area contributed by atoms with Crippen LogP contribution in [0.15, 0.2) is 41.0 Å². The Balaban J connectivity index is 2.32. The number of hydrogen-bond donors (Lipinski definition) is 1. The molecular formula is C14H13BrN2O2. The van der Waals surface area contributed by atoms with Gasteiger partial charge in [0.1, 0.15) is 5.92 Å². The van der Waals surface area contributed by atoms with E-state index in [4.69, 9.17) is 0 Å². The molecule has 0 saturated heterocycles. The summed E-state index contributed by atoms with van der Waals surface area (Å²) in [5, 5.41) is 17.2. The number of carboxylic acid groups (broad SMARTS) is 1. The number of nitrogens with zero attached hydrogens (tertiary/aromatic N) is 2. The zero-order valence-corrected chi connectivity index (χ0v) is 12.0. The second-order valence-electron chi connectivity index (χ2n) is 4.34. The second kappa shape index (κ2) is 5.93. The third-order valence-electron chi connectivity index (χ3n) is 2.85. The first-order chi connectivity index (χ1) is 9.08. The largest absolute Gasteiger partial charge is 0.481 e. The number of halogens is 1. The van der Waals surface area contributed by atoms with E-state index in [1.165, 1.54) is 0 Å². The highest BCUT2D eigenvalue weighted by Gasteiger charge is 2.23. The van der Waals surface area contributed by atoms with E-state index in [-0.39, 0.29) is 0 Å². The number of rotatable bonds is 4. The third kappa shape index (κ3) is 3.38. The molecule has 1 heterocycles. The highest BCUT2D eigenvalue weighted by molar-refractivity contribution is 9.10. The molecule has 0 spiro atoms. The van der Waals surface area contributed by atoms with Gasteiger partial charge in [-0.2, -0.15) is 10.2 Å². The van der Waals surface area contributed by atoms with Gasteiger partial charge < -0.3 is 5.11 Å². The van der Waals surface area contributed by atoms with Gasteiger partial charge in [0.25, 0.3) is 0 Å². The van der Waals surface area contributed by atoms with Gasteiger partial charge in [0, 0.05) is 4.47 Å². The lowest BCUT2D eigenvalue weighted by molar-refractivity contribution is -0.138. The molecule has 0 fully saturated rings. The van der Waals surface area contributed by atoms with Crippen LogP contribution in [0.5, 0.6) is 0 Å². The molecule has 0 aliphatic rings. The van der Waals surface area contributed by atoms with Gasteiger partial charge in [-0.05, 0) is 36.6 Å². The van der Waals surface area contributed by atoms with Crippen LogP contribution in [-0.4, -0.2) is 21.3 Å². The predicted octanol–water partition coefficient (Wildman–Crippen LogP) is 2.96. The minimum atomic E-state index is -0.893. The number of carboxylic acids is 1. The van der Waals surface area contributed by atoms with Crippen molar-refractivity contribution in [2.75, 3.05) is 0 Å². The molecule has 1 N–H and O–H groups in total. The summed E-state index contributed by atoms with van der Waals surface area (Å²) < 4.78 is 0.905. The lowest BCUT2D eigenvalue weighted by Gasteiger charge is -2.12. The van der Waals surface area contributed by atoms with Gasteiger partial charge in [0.05, 0.1) is 11.9 Å². The number of aromatic nitrogens is 2. The summed E-state index contributed by atoms with van der Waals surface area (Å²) in [5.74, 6) is -1.58. The van der Waals surface area contributed by atoms with Crippen molar-refractivity contribution in [1.29, 1.82) is 0 Å². The van der Waals surface area contributed by atoms with Gasteiger partial charge >= 0.3 is 5.97 Å². The molecule has 2 aromatic rings. The van der Waals surface area contributed by atoms with Crippen molar-refractivity contribution in [3.8, 4) is 0 Å². The van der Waals surface area contributed by atoms with E-state index < -0.39 is 11.9 Å². The SMILES string of the molecule is Cc1cnnc(C(Cc2ccccc2Br)C(=O)O)c1. The number of benzene rings is 1. The smallest absolute Gasteiger partial charge is 0.313 e. The van der Waals surface area contributed by atoms with Crippen LogP contribution < -0.4 is 0 Å². The Labute approximate surface area is 119 Å². The lowest BCUT2D eigenvalue weighted by Crippen LogP contribution is -2.16. The standard InChI is InChI=1S/C14H13BrN2O2/c1-9-6-13(17-16-8-9)11(14(18)19)7-10-4-2-3-5-12(10)15/h2-6,8,11H,7H2,1H3,(H,18,19). The van der Waals surface area contributed by atoms with Gasteiger partial charge in [0.15, 0.2) is 0 Å². The predicted molar refractivity (Wildman–Crippen MR) is 75.0 cm³/mol. The van der Waals surface area contributed by atoms with Crippen LogP contribution in [-0.2, 0) is 11.2 Å². The molecule has 98 valence electrons. The van der Waals surface area contributed by atoms with Crippen molar-refractivity contribution >= 4 is 21.9 Å². The topological polar surface area (TPSA) is 63.1 Å². The van der Waals surface area contributed by atoms with Gasteiger partial charge in [-0.25, -0.2) is 0 Å². The Morgan fingerprint density at radius 2 is 2.16 bits per heavy atom. The van der Waals surface area contributed by atoms with Crippen LogP contribution in [0.2, 0.25) is 0 Å². The van der Waals surface area contributed by atoms with E-state index in [2.05, 4.69) is 26.1 Å². The minimum Gasteiger partial charge on any atom is -0.481 e. The van der Waals surface area contributed by atoms with Crippen molar-refractivity contribution in [2.45, 2.75) is 19.3 Å². The lowest BCUT2D eigenvalue weighted by atomic mass is 9.95. The molecule has 0 amide bonds. The van der Waals surface area contributed by atoms with Crippen LogP contribution in [0.1, 0.15) is 22.7 Å². The summed E-state index contributed by atoms with van der Waals surface area (Å²) >= 11 is 3.43. The molecule has 0 radical (unpaired) electrons. The molecular weight excluding hydrogens is 308 g/mol. The third-order valence-corrected chi connectivity index (χ3v) is 3.62. The Morgan fingerprint density at radius 3 is 2.79 bits per heavy atom. The van der Waals surface area contributed by atoms with E-state index in [9.17, 15) is 9.90 Å². The number of aryl methyl sites for hydroxylation is 1. The van der Waals surface area contributed by atoms with E-state index >= 15 is 0 Å². The fraction of sp³-hybridized carbons (Fsp3) is 0.214. The molecule has 4 nitrogen and oxygen atoms in total. The summed E-state index contributed by atoms with van der Waals surface area (Å²) in [4.78, 5) is 11.4. The zero-order chi connectivity index (χ0) is 13.8. The number of aliphatic carboxylic acids is 1. The highest BCUT2D eigenvalue weighted by Crippen LogP contribution is 2.24. The van der Waals surface area contributed by atoms with Crippen molar-refractivity contribution in [3.63, 3.8) is 0 Å². The van der Waals surface area contributed by atoms with Crippen LogP contribution >= 0.6 is 15.9 Å². The van der Waals surface area contributed by atoms with E-state index in [0.717, 1.165) is 15.6 Å². The van der Waals surface area contributed by atoms with Crippen molar-refractivity contribution in [2.24, 2.45) is 0 Å². The van der Waals surface area contributed by atoms with Crippen molar-refractivity contribution < 1.29 is 9.90 Å². The van der Waals surface area contributed by atoms with Crippen LogP contribution in [0.25, 0.3) is 0 Å². The molecule has 19 heavy (non-hydrogen) atoms. The van der Waals surface area contributed by atoms with Crippen LogP contribution in [0.3, 0.4) is 0 Å². The van der Waals surface area contributed by atoms with E-state index in [1.807, 2.05) is 31.2 Å². The maximum absolute atomic E-state index is 11.4. The molecule has 1 aromatic carbocycles. The van der Waals surface area contributed by atoms with Crippen LogP contribution in [0.4, 0.5) is 0 Å². The second-order valence-corrected chi connectivity index (χ2v) is 5.20. The van der Waals surface area contributed by atoms with E-state index in [0.29, 0.717) is 12.1 Å². The summed E-state index contributed by atoms with van der Waals surface area (Å²) in [5.41, 5.74) is 2.34. The molecule has 0 aliphatic carbocycles. The average molecular weight is 321 g/mol. The summed E-state index contributed by atoms with van der Waals surface area (Å²) in [6, 6.07) is 9.36. The molecule has 2 rings (SSSR count). The molecule has 1 unspecified atom stereocenters. The number of hydrogen-bond acceptors (Lipinski definition) is 3. The maximum Gasteiger partial charge on any atom is 0.313 e. The summed E-state index contributed by atoms with van der Waals surface area (Å²) in [6.07, 6.45) is 2.00. The van der Waals surface area contributed by atoms with Gasteiger partial charge in [-0.3, -0.25) is 4.79 Å². The Hall–Kier alpha value is -1.75. The first-order valence-corrected chi connectivity index (χ1v) is 6.62. The van der Waals surface area contributed by atoms with Gasteiger partial charge in [-0.1, -0.05) is 34.1 Å². The Kier molecular flexibility index (Phi) is 4.27. The molecule has 0 saturated carbocycles. The first-order valence-electron chi connectivity index (χ1n) is 5.83. The molecule has 5 heteroatoms. The average Bonchev–Trinajstić information content (AvgIpc) is 2.37. The molecule has 1 atom stereocenters. The van der Waals surface area contributed by atoms with Crippen LogP contribution in [0, 0.1) is 6.92 Å². The summed E-state index contributed by atoms with van der Waals surface area (Å²) in [6.45, 7) is 1.87. The fourth-order valence-electron chi connectivity index (χ4n) is 1.86. The molecule has 1 aromatic heterocycles. The normalized spacial score (nSPS) is 12.1.